The largest absolute Gasteiger partial charge is 0.456 e. The lowest BCUT2D eigenvalue weighted by atomic mass is 10.0. The number of aromatic amines is 2. The number of benzene rings is 3. The monoisotopic (exact) mass is 671 g/mol. The van der Waals surface area contributed by atoms with Crippen molar-refractivity contribution >= 4 is 18.3 Å². The van der Waals surface area contributed by atoms with Crippen LogP contribution in [0.4, 0.5) is 0 Å². The quantitative estimate of drug-likeness (QED) is 0.115. The summed E-state index contributed by atoms with van der Waals surface area (Å²) in [4.78, 5) is 57.5. The highest BCUT2D eigenvalue weighted by atomic mass is 16.5. The zero-order chi connectivity index (χ0) is 34.6. The summed E-state index contributed by atoms with van der Waals surface area (Å²) in [6.07, 6.45) is 6.12. The number of amides is 2. The van der Waals surface area contributed by atoms with Crippen LogP contribution in [0.25, 0.3) is 33.6 Å². The number of hydrogen-bond donors (Lipinski definition) is 3. The molecule has 11 heteroatoms. The first-order valence-corrected chi connectivity index (χ1v) is 17.2. The van der Waals surface area contributed by atoms with Gasteiger partial charge < -0.3 is 24.9 Å². The second-order valence-corrected chi connectivity index (χ2v) is 13.1. The molecule has 0 radical (unpaired) electrons. The van der Waals surface area contributed by atoms with Gasteiger partial charge in [0, 0.05) is 12.1 Å². The third-order valence-electron chi connectivity index (χ3n) is 9.80. The lowest BCUT2D eigenvalue weighted by Gasteiger charge is -2.26. The molecular formula is C39H41N7O4. The van der Waals surface area contributed by atoms with Crippen molar-refractivity contribution in [2.24, 2.45) is 0 Å². The van der Waals surface area contributed by atoms with Crippen molar-refractivity contribution in [1.29, 1.82) is 0 Å². The minimum atomic E-state index is -0.580. The van der Waals surface area contributed by atoms with Crippen molar-refractivity contribution in [3.05, 3.63) is 108 Å². The average molecular weight is 672 g/mol. The number of esters is 1. The summed E-state index contributed by atoms with van der Waals surface area (Å²) >= 11 is 0. The Morgan fingerprint density at radius 2 is 1.54 bits per heavy atom. The average Bonchev–Trinajstić information content (AvgIpc) is 3.98. The van der Waals surface area contributed by atoms with Crippen LogP contribution in [0.3, 0.4) is 0 Å². The lowest BCUT2D eigenvalue weighted by molar-refractivity contribution is -0.135. The van der Waals surface area contributed by atoms with Crippen LogP contribution < -0.4 is 5.32 Å². The molecule has 0 unspecified atom stereocenters. The number of hydrogen-bond acceptors (Lipinski definition) is 7. The highest BCUT2D eigenvalue weighted by Crippen LogP contribution is 2.35. The molecule has 7 rings (SSSR count). The van der Waals surface area contributed by atoms with E-state index in [1.165, 1.54) is 0 Å². The van der Waals surface area contributed by atoms with Gasteiger partial charge in [0.15, 0.2) is 5.69 Å². The predicted octanol–water partition coefficient (Wildman–Crippen LogP) is 6.06. The van der Waals surface area contributed by atoms with Crippen LogP contribution in [0.1, 0.15) is 72.4 Å². The summed E-state index contributed by atoms with van der Waals surface area (Å²) < 4.78 is 5.72. The smallest absolute Gasteiger partial charge is 0.357 e. The topological polar surface area (TPSA) is 136 Å². The molecule has 0 spiro atoms. The van der Waals surface area contributed by atoms with Gasteiger partial charge >= 0.3 is 5.97 Å². The van der Waals surface area contributed by atoms with E-state index in [0.717, 1.165) is 77.4 Å². The fourth-order valence-electron chi connectivity index (χ4n) is 7.01. The van der Waals surface area contributed by atoms with Crippen LogP contribution in [0.15, 0.2) is 85.1 Å². The van der Waals surface area contributed by atoms with E-state index in [0.29, 0.717) is 24.3 Å². The summed E-state index contributed by atoms with van der Waals surface area (Å²) in [7, 11) is 2.09. The number of H-pyrrole nitrogens is 2. The normalized spacial score (nSPS) is 18.2. The number of imidazole rings is 2. The molecule has 2 saturated heterocycles. The molecule has 0 aliphatic carbocycles. The first kappa shape index (κ1) is 33.0. The Labute approximate surface area is 291 Å². The van der Waals surface area contributed by atoms with E-state index < -0.39 is 12.0 Å². The highest BCUT2D eigenvalue weighted by Gasteiger charge is 2.34. The van der Waals surface area contributed by atoms with Gasteiger partial charge in [-0.25, -0.2) is 14.8 Å². The highest BCUT2D eigenvalue weighted by molar-refractivity contribution is 5.94. The van der Waals surface area contributed by atoms with Crippen LogP contribution >= 0.6 is 0 Å². The van der Waals surface area contributed by atoms with Gasteiger partial charge in [-0.1, -0.05) is 78.9 Å². The molecule has 3 N–H and O–H groups in total. The van der Waals surface area contributed by atoms with Crippen LogP contribution in [0, 0.1) is 0 Å². The number of likely N-dealkylation sites (tertiary alicyclic amines) is 2. The number of aromatic nitrogens is 4. The van der Waals surface area contributed by atoms with Crippen molar-refractivity contribution in [2.45, 2.75) is 57.3 Å². The number of carbonyl (C=O) groups excluding carboxylic acids is 3. The zero-order valence-electron chi connectivity index (χ0n) is 28.3. The standard InChI is InChI=1S/C39H41N7O4/c1-25(41-24-47)38(48)46-21-7-11-33(46)36-40-22-31(42-36)29-16-12-27(13-17-29)28-14-18-30(19-15-28)34-35(39(49)50-23-26-8-4-3-5-9-26)44-37(43-34)32-10-6-20-45(32)2/h3-5,8-9,12-19,22,24-25,32-33H,6-7,10-11,20-21,23H2,1-2H3,(H,40,42)(H,41,47)(H,43,44)/t25-,32+,33+/m1/s1. The van der Waals surface area contributed by atoms with E-state index in [1.54, 1.807) is 18.0 Å². The fraction of sp³-hybridized carbons (Fsp3) is 0.308. The first-order valence-electron chi connectivity index (χ1n) is 17.2. The van der Waals surface area contributed by atoms with Crippen molar-refractivity contribution in [2.75, 3.05) is 20.1 Å². The van der Waals surface area contributed by atoms with Gasteiger partial charge in [0.25, 0.3) is 0 Å². The van der Waals surface area contributed by atoms with E-state index in [1.807, 2.05) is 66.7 Å². The lowest BCUT2D eigenvalue weighted by Crippen LogP contribution is -2.44. The Morgan fingerprint density at radius 1 is 0.880 bits per heavy atom. The number of nitrogens with zero attached hydrogens (tertiary/aromatic N) is 4. The van der Waals surface area contributed by atoms with E-state index in [9.17, 15) is 14.4 Å². The summed E-state index contributed by atoms with van der Waals surface area (Å²) in [5.41, 5.74) is 6.64. The molecule has 3 atom stereocenters. The number of ether oxygens (including phenoxy) is 1. The first-order chi connectivity index (χ1) is 24.4. The zero-order valence-corrected chi connectivity index (χ0v) is 28.3. The Morgan fingerprint density at radius 3 is 2.22 bits per heavy atom. The molecule has 11 nitrogen and oxygen atoms in total. The molecule has 2 aromatic heterocycles. The summed E-state index contributed by atoms with van der Waals surface area (Å²) in [5, 5.41) is 2.56. The fourth-order valence-corrected chi connectivity index (χ4v) is 7.01. The van der Waals surface area contributed by atoms with Gasteiger partial charge in [-0.3, -0.25) is 14.5 Å². The van der Waals surface area contributed by atoms with E-state index in [2.05, 4.69) is 44.3 Å². The number of nitrogens with one attached hydrogen (secondary N) is 3. The van der Waals surface area contributed by atoms with Crippen molar-refractivity contribution in [1.82, 2.24) is 35.1 Å². The van der Waals surface area contributed by atoms with Gasteiger partial charge in [-0.2, -0.15) is 0 Å². The Kier molecular flexibility index (Phi) is 9.57. The summed E-state index contributed by atoms with van der Waals surface area (Å²) in [6, 6.07) is 25.4. The summed E-state index contributed by atoms with van der Waals surface area (Å²) in [5.74, 6) is 0.987. The maximum absolute atomic E-state index is 13.4. The maximum Gasteiger partial charge on any atom is 0.357 e. The van der Waals surface area contributed by atoms with E-state index >= 15 is 0 Å². The van der Waals surface area contributed by atoms with Crippen LogP contribution in [-0.4, -0.2) is 74.2 Å². The molecule has 2 fully saturated rings. The minimum absolute atomic E-state index is 0.110. The number of carbonyl (C=O) groups is 3. The van der Waals surface area contributed by atoms with Gasteiger partial charge in [0.2, 0.25) is 12.3 Å². The molecule has 2 aliphatic rings. The third kappa shape index (κ3) is 6.81. The van der Waals surface area contributed by atoms with Crippen molar-refractivity contribution < 1.29 is 19.1 Å². The van der Waals surface area contributed by atoms with Crippen molar-refractivity contribution in [3.63, 3.8) is 0 Å². The molecule has 0 bridgehead atoms. The second kappa shape index (κ2) is 14.5. The molecule has 5 aromatic rings. The van der Waals surface area contributed by atoms with Crippen LogP contribution in [0.5, 0.6) is 0 Å². The molecule has 2 aliphatic heterocycles. The van der Waals surface area contributed by atoms with Gasteiger partial charge in [-0.15, -0.1) is 0 Å². The molecule has 3 aromatic carbocycles. The Balaban J connectivity index is 1.07. The molecule has 4 heterocycles. The van der Waals surface area contributed by atoms with Crippen LogP contribution in [0.2, 0.25) is 0 Å². The predicted molar refractivity (Wildman–Crippen MR) is 190 cm³/mol. The molecule has 0 saturated carbocycles. The maximum atomic E-state index is 13.4. The van der Waals surface area contributed by atoms with Gasteiger partial charge in [0.05, 0.1) is 24.0 Å². The molecule has 2 amide bonds. The van der Waals surface area contributed by atoms with E-state index in [4.69, 9.17) is 9.72 Å². The van der Waals surface area contributed by atoms with E-state index in [-0.39, 0.29) is 24.6 Å². The SMILES string of the molecule is C[C@@H](NC=O)C(=O)N1CCC[C@H]1c1ncc(-c2ccc(-c3ccc(-c4nc([C@@H]5CCCN5C)[nH]c4C(=O)OCc4ccccc4)cc3)cc2)[nH]1. The molecule has 256 valence electrons. The van der Waals surface area contributed by atoms with Gasteiger partial charge in [-0.05, 0) is 68.5 Å². The Hall–Kier alpha value is -5.55. The minimum Gasteiger partial charge on any atom is -0.456 e. The second-order valence-electron chi connectivity index (χ2n) is 13.1. The van der Waals surface area contributed by atoms with Crippen LogP contribution in [-0.2, 0) is 20.9 Å². The van der Waals surface area contributed by atoms with Gasteiger partial charge in [0.1, 0.15) is 30.0 Å². The molecular weight excluding hydrogens is 630 g/mol. The third-order valence-corrected chi connectivity index (χ3v) is 9.80. The Bertz CT molecular complexity index is 1950. The summed E-state index contributed by atoms with van der Waals surface area (Å²) in [6.45, 7) is 3.50. The number of rotatable bonds is 11. The van der Waals surface area contributed by atoms with Crippen molar-refractivity contribution in [3.8, 4) is 33.6 Å². The molecule has 50 heavy (non-hydrogen) atoms.